The molecule has 2 amide bonds. The topological polar surface area (TPSA) is 563 Å². The number of carbonyl (C=O) groups excluding carboxylic acids is 2. The third-order valence-electron chi connectivity index (χ3n) is 14.9. The summed E-state index contributed by atoms with van der Waals surface area (Å²) in [6, 6.07) is -3.57. The second-order valence-electron chi connectivity index (χ2n) is 20.6. The van der Waals surface area contributed by atoms with Crippen LogP contribution in [0.2, 0.25) is 0 Å². The van der Waals surface area contributed by atoms with Gasteiger partial charge in [0.15, 0.2) is 44.0 Å². The van der Waals surface area contributed by atoms with Gasteiger partial charge in [-0.05, 0) is 6.92 Å². The molecule has 0 bridgehead atoms. The Bertz CT molecular complexity index is 1990. The summed E-state index contributed by atoms with van der Waals surface area (Å²) in [4.78, 5) is 25.5. The van der Waals surface area contributed by atoms with Gasteiger partial charge in [0.1, 0.15) is 159 Å². The largest absolute Gasteiger partial charge is 0.394 e. The van der Waals surface area contributed by atoms with Crippen LogP contribution in [0.3, 0.4) is 0 Å². The number of nitrogens with one attached hydrogen (secondary N) is 2. The van der Waals surface area contributed by atoms with Crippen molar-refractivity contribution in [3.8, 4) is 0 Å². The highest BCUT2D eigenvalue weighted by Gasteiger charge is 2.59. The summed E-state index contributed by atoms with van der Waals surface area (Å²) in [5.41, 5.74) is 0. The molecule has 0 aliphatic carbocycles. The second-order valence-corrected chi connectivity index (χ2v) is 20.6. The molecule has 21 N–H and O–H groups in total. The van der Waals surface area contributed by atoms with Crippen LogP contribution in [0.1, 0.15) is 20.8 Å². The van der Waals surface area contributed by atoms with Crippen molar-refractivity contribution < 1.29 is 168 Å². The van der Waals surface area contributed by atoms with E-state index in [2.05, 4.69) is 10.6 Å². The Morgan fingerprint density at radius 1 is 0.395 bits per heavy atom. The first-order valence-electron chi connectivity index (χ1n) is 25.9. The zero-order chi connectivity index (χ0) is 59.6. The summed E-state index contributed by atoms with van der Waals surface area (Å²) in [5, 5.41) is 210. The van der Waals surface area contributed by atoms with E-state index in [9.17, 15) is 107 Å². The van der Waals surface area contributed by atoms with Crippen LogP contribution in [0.15, 0.2) is 0 Å². The van der Waals surface area contributed by atoms with Crippen LogP contribution >= 0.6 is 0 Å². The molecule has 7 heterocycles. The fourth-order valence-corrected chi connectivity index (χ4v) is 10.3. The van der Waals surface area contributed by atoms with E-state index in [1.807, 2.05) is 0 Å². The number of amides is 2. The minimum absolute atomic E-state index is 0.710. The van der Waals surface area contributed by atoms with Crippen LogP contribution < -0.4 is 10.6 Å². The predicted octanol–water partition coefficient (Wildman–Crippen LogP) is -14.3. The monoisotopic (exact) mass is 1190 g/mol. The Hall–Kier alpha value is -2.34. The normalized spacial score (nSPS) is 50.8. The minimum atomic E-state index is -2.26. The molecular weight excluding hydrogens is 1110 g/mol. The molecule has 36 heteroatoms. The summed E-state index contributed by atoms with van der Waals surface area (Å²) in [6.45, 7) is -2.40. The quantitative estimate of drug-likeness (QED) is 0.0571. The lowest BCUT2D eigenvalue weighted by Gasteiger charge is -2.52. The van der Waals surface area contributed by atoms with Crippen molar-refractivity contribution in [2.24, 2.45) is 0 Å². The smallest absolute Gasteiger partial charge is 0.217 e. The second kappa shape index (κ2) is 28.4. The molecule has 0 radical (unpaired) electrons. The predicted molar refractivity (Wildman–Crippen MR) is 248 cm³/mol. The van der Waals surface area contributed by atoms with Crippen molar-refractivity contribution in [3.63, 3.8) is 0 Å². The molecule has 34 atom stereocenters. The number of hydrogen-bond acceptors (Lipinski definition) is 34. The van der Waals surface area contributed by atoms with Gasteiger partial charge in [-0.15, -0.1) is 0 Å². The SMILES string of the molecule is CC(=O)N[C@@H]1[C@@H](O[C@H]2O[C@H](C)[C@H](O)[C@H](O)[C@H]2O)[C@H](O[C@@H]2O[C@H](CO)[C@@H](O[C@H]3O[C@H](CO[C@H]4O[C@H](CO)[C@@H](O)[C@H](O)[C@@H]4O)[C@@H](O)[C@H](O[C@H]4O[C@H](CO)[C@@H](O)[C@H](O)[C@@H]4O)[C@@H]3O[C@H]3OC[C@@H](O)[C@H](O)[C@H]3O)[C@H](O)[C@H]2NC(C)=O)[C@@H](CO)O[C@H]1O. The molecule has 7 rings (SSSR count). The molecule has 7 fully saturated rings. The number of ether oxygens (including phenoxy) is 13. The molecule has 36 nitrogen and oxygen atoms in total. The van der Waals surface area contributed by atoms with Gasteiger partial charge in [-0.3, -0.25) is 9.59 Å². The minimum Gasteiger partial charge on any atom is -0.394 e. The zero-order valence-electron chi connectivity index (χ0n) is 43.5. The molecule has 0 saturated carbocycles. The van der Waals surface area contributed by atoms with Crippen molar-refractivity contribution >= 4 is 11.8 Å². The van der Waals surface area contributed by atoms with Gasteiger partial charge in [-0.25, -0.2) is 0 Å². The lowest BCUT2D eigenvalue weighted by Crippen LogP contribution is -2.71. The third-order valence-corrected chi connectivity index (χ3v) is 14.9. The van der Waals surface area contributed by atoms with Crippen LogP contribution in [0.5, 0.6) is 0 Å². The Morgan fingerprint density at radius 2 is 0.840 bits per heavy atom. The van der Waals surface area contributed by atoms with E-state index in [4.69, 9.17) is 61.6 Å². The van der Waals surface area contributed by atoms with Crippen molar-refractivity contribution in [2.75, 3.05) is 39.6 Å². The Labute approximate surface area is 459 Å². The summed E-state index contributed by atoms with van der Waals surface area (Å²) >= 11 is 0. The fourth-order valence-electron chi connectivity index (χ4n) is 10.3. The molecule has 7 saturated heterocycles. The highest BCUT2D eigenvalue weighted by molar-refractivity contribution is 5.73. The molecule has 7 aliphatic rings. The van der Waals surface area contributed by atoms with Crippen LogP contribution in [0.4, 0.5) is 0 Å². The van der Waals surface area contributed by atoms with Gasteiger partial charge in [-0.2, -0.15) is 0 Å². The average Bonchev–Trinajstić information content (AvgIpc) is 3.63. The van der Waals surface area contributed by atoms with Crippen molar-refractivity contribution in [1.29, 1.82) is 0 Å². The number of rotatable bonds is 19. The lowest BCUT2D eigenvalue weighted by atomic mass is 9.93. The molecule has 81 heavy (non-hydrogen) atoms. The van der Waals surface area contributed by atoms with E-state index >= 15 is 0 Å². The van der Waals surface area contributed by atoms with Crippen molar-refractivity contribution in [3.05, 3.63) is 0 Å². The van der Waals surface area contributed by atoms with Crippen LogP contribution in [-0.2, 0) is 71.2 Å². The average molecular weight is 1190 g/mol. The third kappa shape index (κ3) is 14.4. The molecule has 0 aromatic heterocycles. The van der Waals surface area contributed by atoms with E-state index in [0.717, 1.165) is 13.8 Å². The number of carbonyl (C=O) groups is 2. The maximum absolute atomic E-state index is 13.0. The molecule has 0 aromatic carbocycles. The van der Waals surface area contributed by atoms with Crippen LogP contribution in [0, 0.1) is 0 Å². The van der Waals surface area contributed by atoms with Crippen LogP contribution in [0.25, 0.3) is 0 Å². The Morgan fingerprint density at radius 3 is 1.42 bits per heavy atom. The van der Waals surface area contributed by atoms with E-state index < -0.39 is 260 Å². The number of hydrogen-bond donors (Lipinski definition) is 21. The van der Waals surface area contributed by atoms with E-state index in [1.54, 1.807) is 0 Å². The first-order chi connectivity index (χ1) is 38.3. The summed E-state index contributed by atoms with van der Waals surface area (Å²) < 4.78 is 76.4. The molecule has 0 spiro atoms. The number of aliphatic hydroxyl groups is 19. The van der Waals surface area contributed by atoms with Crippen molar-refractivity contribution in [1.82, 2.24) is 10.6 Å². The van der Waals surface area contributed by atoms with Gasteiger partial charge in [0.25, 0.3) is 0 Å². The molecule has 7 aliphatic heterocycles. The van der Waals surface area contributed by atoms with Crippen molar-refractivity contribution in [2.45, 2.75) is 229 Å². The lowest BCUT2D eigenvalue weighted by molar-refractivity contribution is -0.405. The summed E-state index contributed by atoms with van der Waals surface area (Å²) in [5.74, 6) is -1.70. The molecule has 0 aromatic rings. The molecule has 0 unspecified atom stereocenters. The first kappa shape index (κ1) is 66.2. The van der Waals surface area contributed by atoms with Gasteiger partial charge in [0.05, 0.1) is 45.7 Å². The molecular formula is C45H76N2O34. The fraction of sp³-hybridized carbons (Fsp3) is 0.956. The maximum atomic E-state index is 13.0. The number of aliphatic hydroxyl groups excluding tert-OH is 19. The van der Waals surface area contributed by atoms with Gasteiger partial charge < -0.3 is 169 Å². The highest BCUT2D eigenvalue weighted by atomic mass is 16.8. The first-order valence-corrected chi connectivity index (χ1v) is 25.9. The Balaban J connectivity index is 1.25. The zero-order valence-corrected chi connectivity index (χ0v) is 43.5. The standard InChI is InChI=1S/C45H76N2O34/c1-10-21(55)27(61)32(66)43(71-10)79-36-20(47-12(3)53)39(68)72-17(7-51)35(36)78-40-19(46-11(2)52)26(60)34(16(6-50)75-40)77-45-38(81-42-30(64)22(56)13(54)8-69-42)37(80-44-33(67)29(63)24(58)15(5-49)74-44)25(59)18(76-45)9-70-41-31(65)28(62)23(57)14(4-48)73-41/h10,13-45,48-51,54-68H,4-9H2,1-3H3,(H,46,52)(H,47,53)/t10-,13-,14-,15-,16-,17-,18-,19-,20-,21+,22+,23-,24-,25-,26-,27+,28+,29+,30-,31+,32-,33+,34-,35-,36-,37+,38+,39-,40+,41+,42-,43-,44-,45-/m1/s1. The highest BCUT2D eigenvalue weighted by Crippen LogP contribution is 2.38. The summed E-state index contributed by atoms with van der Waals surface area (Å²) in [6.07, 6.45) is -61.9. The van der Waals surface area contributed by atoms with Gasteiger partial charge in [0.2, 0.25) is 11.8 Å². The maximum Gasteiger partial charge on any atom is 0.217 e. The Kier molecular flexibility index (Phi) is 23.2. The van der Waals surface area contributed by atoms with E-state index in [-0.39, 0.29) is 0 Å². The summed E-state index contributed by atoms with van der Waals surface area (Å²) in [7, 11) is 0. The van der Waals surface area contributed by atoms with E-state index in [0.29, 0.717) is 0 Å². The van der Waals surface area contributed by atoms with Gasteiger partial charge in [-0.1, -0.05) is 0 Å². The van der Waals surface area contributed by atoms with Crippen LogP contribution in [-0.4, -0.2) is 357 Å². The molecule has 470 valence electrons. The van der Waals surface area contributed by atoms with E-state index in [1.165, 1.54) is 6.92 Å². The van der Waals surface area contributed by atoms with Gasteiger partial charge in [0, 0.05) is 13.8 Å². The van der Waals surface area contributed by atoms with Gasteiger partial charge >= 0.3 is 0 Å².